The summed E-state index contributed by atoms with van der Waals surface area (Å²) >= 11 is 5.99. The lowest BCUT2D eigenvalue weighted by Gasteiger charge is -2.40. The summed E-state index contributed by atoms with van der Waals surface area (Å²) in [7, 11) is 0. The number of nitrogens with zero attached hydrogens (tertiary/aromatic N) is 1. The summed E-state index contributed by atoms with van der Waals surface area (Å²) in [6.45, 7) is 0.512. The van der Waals surface area contributed by atoms with Crippen LogP contribution in [0.15, 0.2) is 48.5 Å². The molecule has 0 aromatic heterocycles. The molecule has 1 N–H and O–H groups in total. The van der Waals surface area contributed by atoms with E-state index in [0.29, 0.717) is 11.6 Å². The van der Waals surface area contributed by atoms with Crippen LogP contribution in [-0.2, 0) is 0 Å². The Labute approximate surface area is 139 Å². The van der Waals surface area contributed by atoms with Crippen molar-refractivity contribution in [2.45, 2.75) is 18.5 Å². The topological polar surface area (TPSA) is 55.4 Å². The molecule has 2 aliphatic rings. The highest BCUT2D eigenvalue weighted by atomic mass is 35.5. The lowest BCUT2D eigenvalue weighted by Crippen LogP contribution is -2.43. The third-order valence-electron chi connectivity index (χ3n) is 4.93. The van der Waals surface area contributed by atoms with Crippen molar-refractivity contribution in [1.82, 2.24) is 4.90 Å². The van der Waals surface area contributed by atoms with E-state index in [1.165, 1.54) is 4.90 Å². The number of hydrogen-bond donors (Lipinski definition) is 1. The van der Waals surface area contributed by atoms with E-state index in [1.54, 1.807) is 0 Å². The molecule has 3 atom stereocenters. The molecule has 0 saturated carbocycles. The molecule has 2 heterocycles. The number of halogens is 1. The summed E-state index contributed by atoms with van der Waals surface area (Å²) in [6.07, 6.45) is -0.281. The summed E-state index contributed by atoms with van der Waals surface area (Å²) in [6, 6.07) is 15.6. The zero-order valence-electron chi connectivity index (χ0n) is 12.4. The van der Waals surface area contributed by atoms with Gasteiger partial charge in [0.15, 0.2) is 0 Å². The number of carbonyl (C=O) groups excluding carboxylic acids is 1. The minimum Gasteiger partial charge on any atom is -0.530 e. The van der Waals surface area contributed by atoms with Crippen molar-refractivity contribution in [3.63, 3.8) is 0 Å². The summed E-state index contributed by atoms with van der Waals surface area (Å²) < 4.78 is 0. The number of benzene rings is 2. The molecule has 1 amide bonds. The Hall–Kier alpha value is -2.20. The summed E-state index contributed by atoms with van der Waals surface area (Å²) in [5.74, 6) is 0.184. The largest absolute Gasteiger partial charge is 0.530 e. The van der Waals surface area contributed by atoms with Crippen LogP contribution in [0.3, 0.4) is 0 Å². The van der Waals surface area contributed by atoms with Gasteiger partial charge in [0.2, 0.25) is 0 Å². The average molecular weight is 328 g/mol. The molecular weight excluding hydrogens is 312 g/mol. The van der Waals surface area contributed by atoms with Gasteiger partial charge in [-0.15, -0.1) is 0 Å². The summed E-state index contributed by atoms with van der Waals surface area (Å²) in [4.78, 5) is 13.0. The second-order valence-corrected chi connectivity index (χ2v) is 6.55. The Bertz CT molecular complexity index is 747. The van der Waals surface area contributed by atoms with Gasteiger partial charge in [-0.05, 0) is 35.7 Å². The van der Waals surface area contributed by atoms with Gasteiger partial charge >= 0.3 is 0 Å². The van der Waals surface area contributed by atoms with Crippen molar-refractivity contribution in [3.8, 4) is 0 Å². The fraction of sp³-hybridized carbons (Fsp3) is 0.278. The van der Waals surface area contributed by atoms with Gasteiger partial charge in [-0.1, -0.05) is 41.9 Å². The predicted octanol–water partition coefficient (Wildman–Crippen LogP) is 3.21. The standard InChI is InChI=1S/C18H17ClN2O2/c19-12-7-5-11(6-8-12)16-14-9-10-21(18(22)23)17(14)13-3-1-2-4-15(13)20-16/h1-8,14,16-17,20H,9-10H2,(H,22,23)/p-1. The maximum absolute atomic E-state index is 11.5. The molecule has 4 rings (SSSR count). The van der Waals surface area contributed by atoms with Crippen LogP contribution in [0.5, 0.6) is 0 Å². The molecule has 2 aliphatic heterocycles. The molecule has 1 saturated heterocycles. The predicted molar refractivity (Wildman–Crippen MR) is 87.2 cm³/mol. The lowest BCUT2D eigenvalue weighted by molar-refractivity contribution is -0.267. The molecule has 0 radical (unpaired) electrons. The van der Waals surface area contributed by atoms with Crippen LogP contribution in [0.25, 0.3) is 0 Å². The van der Waals surface area contributed by atoms with Gasteiger partial charge in [-0.25, -0.2) is 0 Å². The number of para-hydroxylation sites is 1. The first-order valence-electron chi connectivity index (χ1n) is 7.73. The van der Waals surface area contributed by atoms with Crippen molar-refractivity contribution >= 4 is 23.4 Å². The SMILES string of the molecule is O=C([O-])N1CCC2C(c3ccc(Cl)cc3)Nc3ccccc3C21. The highest BCUT2D eigenvalue weighted by Crippen LogP contribution is 2.50. The van der Waals surface area contributed by atoms with Crippen LogP contribution in [0.4, 0.5) is 10.5 Å². The van der Waals surface area contributed by atoms with Gasteiger partial charge in [0.25, 0.3) is 0 Å². The van der Waals surface area contributed by atoms with E-state index in [4.69, 9.17) is 11.6 Å². The molecule has 4 nitrogen and oxygen atoms in total. The van der Waals surface area contributed by atoms with Crippen LogP contribution in [0.1, 0.15) is 29.6 Å². The number of anilines is 1. The zero-order chi connectivity index (χ0) is 16.0. The normalized spacial score (nSPS) is 25.4. The number of carboxylic acid groups (broad SMARTS) is 1. The van der Waals surface area contributed by atoms with Gasteiger partial charge in [0.1, 0.15) is 6.09 Å². The second kappa shape index (κ2) is 5.46. The van der Waals surface area contributed by atoms with Crippen molar-refractivity contribution in [3.05, 3.63) is 64.7 Å². The highest BCUT2D eigenvalue weighted by molar-refractivity contribution is 6.30. The van der Waals surface area contributed by atoms with E-state index in [9.17, 15) is 9.90 Å². The molecule has 2 aromatic carbocycles. The Kier molecular flexibility index (Phi) is 3.42. The number of rotatable bonds is 1. The minimum absolute atomic E-state index is 0.0662. The Morgan fingerprint density at radius 2 is 1.91 bits per heavy atom. The first-order valence-corrected chi connectivity index (χ1v) is 8.11. The molecule has 118 valence electrons. The molecule has 0 aliphatic carbocycles. The first-order chi connectivity index (χ1) is 11.1. The van der Waals surface area contributed by atoms with E-state index in [-0.39, 0.29) is 18.0 Å². The second-order valence-electron chi connectivity index (χ2n) is 6.12. The average Bonchev–Trinajstić information content (AvgIpc) is 3.00. The maximum atomic E-state index is 11.5. The number of fused-ring (bicyclic) bond motifs is 3. The van der Waals surface area contributed by atoms with E-state index in [2.05, 4.69) is 5.32 Å². The smallest absolute Gasteiger partial charge is 0.137 e. The van der Waals surface area contributed by atoms with Crippen molar-refractivity contribution < 1.29 is 9.90 Å². The minimum atomic E-state index is -1.09. The molecule has 1 fully saturated rings. The molecule has 3 unspecified atom stereocenters. The fourth-order valence-corrected chi connectivity index (χ4v) is 4.06. The van der Waals surface area contributed by atoms with Crippen LogP contribution in [0.2, 0.25) is 5.02 Å². The molecule has 2 aromatic rings. The van der Waals surface area contributed by atoms with E-state index in [1.807, 2.05) is 48.5 Å². The third-order valence-corrected chi connectivity index (χ3v) is 5.18. The number of carbonyl (C=O) groups is 1. The van der Waals surface area contributed by atoms with Gasteiger partial charge in [0.05, 0.1) is 12.1 Å². The number of likely N-dealkylation sites (tertiary alicyclic amines) is 1. The lowest BCUT2D eigenvalue weighted by atomic mass is 9.80. The maximum Gasteiger partial charge on any atom is 0.137 e. The molecule has 5 heteroatoms. The Morgan fingerprint density at radius 3 is 2.65 bits per heavy atom. The molecule has 0 bridgehead atoms. The summed E-state index contributed by atoms with van der Waals surface area (Å²) in [5, 5.41) is 15.8. The number of amides is 1. The van der Waals surface area contributed by atoms with Crippen LogP contribution in [-0.4, -0.2) is 17.5 Å². The first kappa shape index (κ1) is 14.4. The Morgan fingerprint density at radius 1 is 1.17 bits per heavy atom. The van der Waals surface area contributed by atoms with Crippen LogP contribution < -0.4 is 10.4 Å². The third kappa shape index (κ3) is 2.34. The van der Waals surface area contributed by atoms with Gasteiger partial charge in [-0.2, -0.15) is 0 Å². The Balaban J connectivity index is 1.79. The van der Waals surface area contributed by atoms with Gasteiger partial charge in [-0.3, -0.25) is 0 Å². The fourth-order valence-electron chi connectivity index (χ4n) is 3.93. The quantitative estimate of drug-likeness (QED) is 0.875. The van der Waals surface area contributed by atoms with Crippen molar-refractivity contribution in [2.75, 3.05) is 11.9 Å². The van der Waals surface area contributed by atoms with E-state index >= 15 is 0 Å². The summed E-state index contributed by atoms with van der Waals surface area (Å²) in [5.41, 5.74) is 3.14. The molecule has 0 spiro atoms. The van der Waals surface area contributed by atoms with Crippen LogP contribution in [0, 0.1) is 5.92 Å². The highest BCUT2D eigenvalue weighted by Gasteiger charge is 2.44. The van der Waals surface area contributed by atoms with Gasteiger partial charge < -0.3 is 20.1 Å². The van der Waals surface area contributed by atoms with E-state index in [0.717, 1.165) is 23.2 Å². The van der Waals surface area contributed by atoms with Crippen LogP contribution >= 0.6 is 11.6 Å². The van der Waals surface area contributed by atoms with Crippen molar-refractivity contribution in [2.24, 2.45) is 5.92 Å². The van der Waals surface area contributed by atoms with E-state index < -0.39 is 6.09 Å². The molecule has 23 heavy (non-hydrogen) atoms. The van der Waals surface area contributed by atoms with Gasteiger partial charge in [0, 0.05) is 23.2 Å². The number of nitrogens with one attached hydrogen (secondary N) is 1. The van der Waals surface area contributed by atoms with Crippen molar-refractivity contribution in [1.29, 1.82) is 0 Å². The zero-order valence-corrected chi connectivity index (χ0v) is 13.2. The number of hydrogen-bond acceptors (Lipinski definition) is 3. The monoisotopic (exact) mass is 327 g/mol. The molecular formula is C18H16ClN2O2-.